The largest absolute Gasteiger partial charge is 0.437 e. The highest BCUT2D eigenvalue weighted by atomic mass is 16.3. The van der Waals surface area contributed by atoms with Crippen molar-refractivity contribution in [3.8, 4) is 22.9 Å². The van der Waals surface area contributed by atoms with Gasteiger partial charge in [-0.05, 0) is 71.4 Å². The first-order valence-corrected chi connectivity index (χ1v) is 16.5. The summed E-state index contributed by atoms with van der Waals surface area (Å²) in [6.07, 6.45) is 0. The topological polar surface area (TPSA) is 48.8 Å². The van der Waals surface area contributed by atoms with Crippen molar-refractivity contribution in [2.75, 3.05) is 0 Å². The molecular weight excluding hydrogens is 601 g/mol. The van der Waals surface area contributed by atoms with Crippen molar-refractivity contribution >= 4 is 76.5 Å². The van der Waals surface area contributed by atoms with E-state index in [0.29, 0.717) is 11.5 Å². The van der Waals surface area contributed by atoms with Crippen molar-refractivity contribution in [1.29, 1.82) is 0 Å². The van der Waals surface area contributed by atoms with Crippen LogP contribution in [0.15, 0.2) is 162 Å². The summed E-state index contributed by atoms with van der Waals surface area (Å²) >= 11 is 0. The highest BCUT2D eigenvalue weighted by Gasteiger charge is 2.23. The molecule has 11 aromatic rings. The predicted octanol–water partition coefficient (Wildman–Crippen LogP) is 11.4. The van der Waals surface area contributed by atoms with Gasteiger partial charge >= 0.3 is 0 Å². The van der Waals surface area contributed by atoms with Crippen molar-refractivity contribution < 1.29 is 4.42 Å². The van der Waals surface area contributed by atoms with Crippen molar-refractivity contribution in [2.24, 2.45) is 0 Å². The molecule has 0 saturated carbocycles. The average Bonchev–Trinajstić information content (AvgIpc) is 3.81. The molecule has 7 aromatic carbocycles. The molecule has 4 heterocycles. The van der Waals surface area contributed by atoms with Crippen LogP contribution in [0.2, 0.25) is 0 Å². The minimum atomic E-state index is 0.569. The van der Waals surface area contributed by atoms with Gasteiger partial charge in [-0.15, -0.1) is 0 Å². The van der Waals surface area contributed by atoms with Crippen LogP contribution in [0.5, 0.6) is 0 Å². The zero-order valence-electron chi connectivity index (χ0n) is 26.2. The van der Waals surface area contributed by atoms with Gasteiger partial charge in [-0.2, -0.15) is 4.98 Å². The van der Waals surface area contributed by atoms with Gasteiger partial charge in [0.25, 0.3) is 0 Å². The van der Waals surface area contributed by atoms with Gasteiger partial charge in [-0.1, -0.05) is 97.1 Å². The first kappa shape index (κ1) is 26.4. The zero-order valence-corrected chi connectivity index (χ0v) is 26.2. The van der Waals surface area contributed by atoms with Gasteiger partial charge in [-0.25, -0.2) is 4.98 Å². The van der Waals surface area contributed by atoms with Crippen LogP contribution in [-0.2, 0) is 0 Å². The van der Waals surface area contributed by atoms with Gasteiger partial charge < -0.3 is 8.98 Å². The normalized spacial score (nSPS) is 12.1. The molecule has 0 amide bonds. The van der Waals surface area contributed by atoms with Crippen LogP contribution in [0, 0.1) is 0 Å². The van der Waals surface area contributed by atoms with E-state index in [0.717, 1.165) is 60.9 Å². The van der Waals surface area contributed by atoms with E-state index in [1.165, 1.54) is 26.9 Å². The molecular formula is C44H26N4O. The summed E-state index contributed by atoms with van der Waals surface area (Å²) in [5.74, 6) is 1.42. The number of benzene rings is 7. The summed E-state index contributed by atoms with van der Waals surface area (Å²) < 4.78 is 11.1. The fraction of sp³-hybridized carbons (Fsp3) is 0. The first-order chi connectivity index (χ1) is 24.3. The third-order valence-electron chi connectivity index (χ3n) is 9.92. The Labute approximate surface area is 279 Å². The Morgan fingerprint density at radius 1 is 0.429 bits per heavy atom. The second-order valence-corrected chi connectivity index (χ2v) is 12.6. The Morgan fingerprint density at radius 2 is 1.04 bits per heavy atom. The van der Waals surface area contributed by atoms with Crippen molar-refractivity contribution in [3.05, 3.63) is 158 Å². The standard InChI is InChI=1S/C44H26N4O/c1-2-14-30(15-3-1)47-36-19-9-6-16-31(36)34-25-29(22-23-38(34)47)42-45-43(41-33-18-8-11-21-40(33)49-44(41)46-42)48-37-20-10-7-17-32(37)35-24-27-12-4-5-13-28(27)26-39(35)48/h1-26H. The summed E-state index contributed by atoms with van der Waals surface area (Å²) in [6, 6.07) is 55.5. The van der Waals surface area contributed by atoms with Gasteiger partial charge in [0.15, 0.2) is 11.6 Å². The molecule has 0 bridgehead atoms. The van der Waals surface area contributed by atoms with E-state index in [-0.39, 0.29) is 0 Å². The van der Waals surface area contributed by atoms with E-state index in [2.05, 4.69) is 149 Å². The van der Waals surface area contributed by atoms with Crippen LogP contribution >= 0.6 is 0 Å². The highest BCUT2D eigenvalue weighted by Crippen LogP contribution is 2.40. The number of rotatable bonds is 3. The van der Waals surface area contributed by atoms with Gasteiger partial charge in [0.05, 0.1) is 27.5 Å². The Bertz CT molecular complexity index is 3110. The summed E-state index contributed by atoms with van der Waals surface area (Å²) in [5, 5.41) is 8.98. The number of para-hydroxylation sites is 4. The molecule has 49 heavy (non-hydrogen) atoms. The van der Waals surface area contributed by atoms with Crippen molar-refractivity contribution in [1.82, 2.24) is 19.1 Å². The molecule has 0 aliphatic carbocycles. The van der Waals surface area contributed by atoms with E-state index in [4.69, 9.17) is 14.4 Å². The van der Waals surface area contributed by atoms with Gasteiger partial charge in [0, 0.05) is 38.2 Å². The monoisotopic (exact) mass is 626 g/mol. The molecule has 0 saturated heterocycles. The lowest BCUT2D eigenvalue weighted by molar-refractivity contribution is 0.653. The number of nitrogens with zero attached hydrogens (tertiary/aromatic N) is 4. The molecule has 228 valence electrons. The molecule has 0 aliphatic heterocycles. The van der Waals surface area contributed by atoms with Crippen LogP contribution < -0.4 is 0 Å². The fourth-order valence-electron chi connectivity index (χ4n) is 7.75. The zero-order chi connectivity index (χ0) is 32.1. The third-order valence-corrected chi connectivity index (χ3v) is 9.92. The number of aromatic nitrogens is 4. The van der Waals surface area contributed by atoms with E-state index in [1.807, 2.05) is 18.2 Å². The van der Waals surface area contributed by atoms with E-state index >= 15 is 0 Å². The molecule has 11 rings (SSSR count). The summed E-state index contributed by atoms with van der Waals surface area (Å²) in [5.41, 5.74) is 7.89. The van der Waals surface area contributed by atoms with Crippen molar-refractivity contribution in [2.45, 2.75) is 0 Å². The van der Waals surface area contributed by atoms with Gasteiger partial charge in [0.1, 0.15) is 5.58 Å². The minimum Gasteiger partial charge on any atom is -0.437 e. The lowest BCUT2D eigenvalue weighted by Crippen LogP contribution is -2.02. The molecule has 0 fully saturated rings. The van der Waals surface area contributed by atoms with E-state index in [1.54, 1.807) is 0 Å². The lowest BCUT2D eigenvalue weighted by atomic mass is 10.1. The number of hydrogen-bond acceptors (Lipinski definition) is 3. The molecule has 0 N–H and O–H groups in total. The maximum absolute atomic E-state index is 6.50. The van der Waals surface area contributed by atoms with Gasteiger partial charge in [-0.3, -0.25) is 4.57 Å². The fourth-order valence-corrected chi connectivity index (χ4v) is 7.75. The van der Waals surface area contributed by atoms with Crippen LogP contribution in [-0.4, -0.2) is 19.1 Å². The number of furan rings is 1. The predicted molar refractivity (Wildman–Crippen MR) is 201 cm³/mol. The SMILES string of the molecule is c1ccc(-n2c3ccccc3c3cc(-c4nc(-n5c6ccccc6c6cc7ccccc7cc65)c5c(n4)oc4ccccc45)ccc32)cc1. The highest BCUT2D eigenvalue weighted by molar-refractivity contribution is 6.16. The quantitative estimate of drug-likeness (QED) is 0.196. The second kappa shape index (κ2) is 9.89. The maximum atomic E-state index is 6.50. The summed E-state index contributed by atoms with van der Waals surface area (Å²) in [7, 11) is 0. The molecule has 0 radical (unpaired) electrons. The van der Waals surface area contributed by atoms with E-state index in [9.17, 15) is 0 Å². The lowest BCUT2D eigenvalue weighted by Gasteiger charge is -2.11. The third kappa shape index (κ3) is 3.75. The summed E-state index contributed by atoms with van der Waals surface area (Å²) in [4.78, 5) is 10.6. The average molecular weight is 627 g/mol. The molecule has 5 heteroatoms. The Kier molecular flexibility index (Phi) is 5.32. The molecule has 5 nitrogen and oxygen atoms in total. The molecule has 0 unspecified atom stereocenters. The number of hydrogen-bond donors (Lipinski definition) is 0. The second-order valence-electron chi connectivity index (χ2n) is 12.6. The van der Waals surface area contributed by atoms with Gasteiger partial charge in [0.2, 0.25) is 5.71 Å². The van der Waals surface area contributed by atoms with E-state index < -0.39 is 0 Å². The minimum absolute atomic E-state index is 0.569. The van der Waals surface area contributed by atoms with Crippen LogP contribution in [0.25, 0.3) is 99.3 Å². The molecule has 0 aliphatic rings. The Morgan fingerprint density at radius 3 is 1.84 bits per heavy atom. The van der Waals surface area contributed by atoms with Crippen LogP contribution in [0.1, 0.15) is 0 Å². The maximum Gasteiger partial charge on any atom is 0.233 e. The Balaban J connectivity index is 1.24. The summed E-state index contributed by atoms with van der Waals surface area (Å²) in [6.45, 7) is 0. The van der Waals surface area contributed by atoms with Crippen LogP contribution in [0.4, 0.5) is 0 Å². The molecule has 0 spiro atoms. The Hall–Kier alpha value is -6.72. The first-order valence-electron chi connectivity index (χ1n) is 16.5. The van der Waals surface area contributed by atoms with Crippen molar-refractivity contribution in [3.63, 3.8) is 0 Å². The number of fused-ring (bicyclic) bond motifs is 10. The molecule has 4 aromatic heterocycles. The molecule has 0 atom stereocenters. The van der Waals surface area contributed by atoms with Crippen LogP contribution in [0.3, 0.4) is 0 Å². The smallest absolute Gasteiger partial charge is 0.233 e.